The van der Waals surface area contributed by atoms with Crippen molar-refractivity contribution in [2.75, 3.05) is 36.6 Å². The van der Waals surface area contributed by atoms with Gasteiger partial charge in [-0.3, -0.25) is 4.79 Å². The number of hydrogen-bond donors (Lipinski definition) is 2. The number of ether oxygens (including phenoxy) is 1. The third kappa shape index (κ3) is 4.24. The van der Waals surface area contributed by atoms with Gasteiger partial charge in [-0.1, -0.05) is 0 Å². The minimum Gasteiger partial charge on any atom is -0.497 e. The average Bonchev–Trinajstić information content (AvgIpc) is 2.45. The van der Waals surface area contributed by atoms with Crippen LogP contribution in [0, 0.1) is 0 Å². The third-order valence-electron chi connectivity index (χ3n) is 2.80. The molecule has 19 heavy (non-hydrogen) atoms. The van der Waals surface area contributed by atoms with E-state index in [0.717, 1.165) is 11.5 Å². The Morgan fingerprint density at radius 1 is 1.47 bits per heavy atom. The third-order valence-corrected chi connectivity index (χ3v) is 5.65. The number of rotatable bonds is 4. The van der Waals surface area contributed by atoms with E-state index in [0.29, 0.717) is 28.8 Å². The van der Waals surface area contributed by atoms with Crippen molar-refractivity contribution in [3.8, 4) is 5.75 Å². The summed E-state index contributed by atoms with van der Waals surface area (Å²) in [6, 6.07) is 5.07. The fourth-order valence-electron chi connectivity index (χ4n) is 1.83. The normalized spacial score (nSPS) is 18.9. The molecule has 0 aliphatic carbocycles. The molecular weight excluding hydrogens is 280 g/mol. The zero-order valence-corrected chi connectivity index (χ0v) is 12.5. The number of thioether (sulfide) groups is 2. The number of amides is 1. The van der Waals surface area contributed by atoms with Crippen LogP contribution in [0.4, 0.5) is 5.69 Å². The van der Waals surface area contributed by atoms with Crippen molar-refractivity contribution in [1.82, 2.24) is 5.32 Å². The fraction of sp³-hybridized carbons (Fsp3) is 0.462. The number of anilines is 1. The smallest absolute Gasteiger partial charge is 0.251 e. The Kier molecular flexibility index (Phi) is 5.27. The molecule has 1 aliphatic rings. The van der Waals surface area contributed by atoms with E-state index in [1.165, 1.54) is 5.75 Å². The predicted octanol–water partition coefficient (Wildman–Crippen LogP) is 1.86. The highest BCUT2D eigenvalue weighted by molar-refractivity contribution is 8.06. The Morgan fingerprint density at radius 2 is 2.32 bits per heavy atom. The molecule has 1 amide bonds. The molecule has 1 aromatic rings. The quantitative estimate of drug-likeness (QED) is 0.831. The minimum absolute atomic E-state index is 0.0956. The van der Waals surface area contributed by atoms with Crippen molar-refractivity contribution in [3.05, 3.63) is 23.8 Å². The van der Waals surface area contributed by atoms with Crippen LogP contribution in [-0.4, -0.2) is 42.1 Å². The highest BCUT2D eigenvalue weighted by Crippen LogP contribution is 2.23. The van der Waals surface area contributed by atoms with Gasteiger partial charge in [0.2, 0.25) is 0 Å². The number of nitrogen functional groups attached to an aromatic ring is 1. The van der Waals surface area contributed by atoms with Gasteiger partial charge in [-0.15, -0.1) is 0 Å². The summed E-state index contributed by atoms with van der Waals surface area (Å²) in [7, 11) is 1.56. The van der Waals surface area contributed by atoms with Crippen molar-refractivity contribution < 1.29 is 9.53 Å². The van der Waals surface area contributed by atoms with Crippen molar-refractivity contribution in [2.24, 2.45) is 0 Å². The van der Waals surface area contributed by atoms with Crippen LogP contribution in [0.2, 0.25) is 0 Å². The van der Waals surface area contributed by atoms with E-state index in [1.54, 1.807) is 25.3 Å². The second-order valence-corrected chi connectivity index (χ2v) is 6.83. The summed E-state index contributed by atoms with van der Waals surface area (Å²) in [5.41, 5.74) is 6.83. The lowest BCUT2D eigenvalue weighted by atomic mass is 10.1. The maximum Gasteiger partial charge on any atom is 0.251 e. The van der Waals surface area contributed by atoms with Gasteiger partial charge < -0.3 is 15.8 Å². The number of methoxy groups -OCH3 is 1. The molecule has 1 atom stereocenters. The van der Waals surface area contributed by atoms with Crippen LogP contribution in [0.5, 0.6) is 5.75 Å². The Labute approximate surface area is 121 Å². The van der Waals surface area contributed by atoms with Crippen molar-refractivity contribution in [2.45, 2.75) is 5.25 Å². The molecule has 0 spiro atoms. The average molecular weight is 298 g/mol. The monoisotopic (exact) mass is 298 g/mol. The van der Waals surface area contributed by atoms with Crippen molar-refractivity contribution in [1.29, 1.82) is 0 Å². The largest absolute Gasteiger partial charge is 0.497 e. The van der Waals surface area contributed by atoms with Crippen molar-refractivity contribution >= 4 is 35.1 Å². The van der Waals surface area contributed by atoms with Crippen LogP contribution in [0.1, 0.15) is 10.4 Å². The van der Waals surface area contributed by atoms with Gasteiger partial charge in [-0.25, -0.2) is 0 Å². The number of nitrogens with two attached hydrogens (primary N) is 1. The van der Waals surface area contributed by atoms with Gasteiger partial charge in [-0.05, 0) is 12.1 Å². The molecule has 104 valence electrons. The summed E-state index contributed by atoms with van der Waals surface area (Å²) >= 11 is 3.87. The number of benzene rings is 1. The van der Waals surface area contributed by atoms with Crippen LogP contribution in [0.25, 0.3) is 0 Å². The summed E-state index contributed by atoms with van der Waals surface area (Å²) in [5, 5.41) is 3.47. The van der Waals surface area contributed by atoms with E-state index in [9.17, 15) is 4.79 Å². The van der Waals surface area contributed by atoms with E-state index >= 15 is 0 Å². The fourth-order valence-corrected chi connectivity index (χ4v) is 4.45. The van der Waals surface area contributed by atoms with Gasteiger partial charge in [0.25, 0.3) is 5.91 Å². The van der Waals surface area contributed by atoms with Crippen LogP contribution >= 0.6 is 23.5 Å². The summed E-state index contributed by atoms with van der Waals surface area (Å²) in [6.45, 7) is 0.702. The molecule has 0 radical (unpaired) electrons. The molecule has 3 N–H and O–H groups in total. The van der Waals surface area contributed by atoms with E-state index < -0.39 is 0 Å². The van der Waals surface area contributed by atoms with Gasteiger partial charge in [0.05, 0.1) is 7.11 Å². The van der Waals surface area contributed by atoms with Crippen LogP contribution in [-0.2, 0) is 0 Å². The minimum atomic E-state index is -0.0956. The molecule has 1 heterocycles. The molecule has 0 bridgehead atoms. The number of nitrogens with one attached hydrogen (secondary N) is 1. The van der Waals surface area contributed by atoms with Crippen LogP contribution in [0.15, 0.2) is 18.2 Å². The first-order chi connectivity index (χ1) is 9.19. The lowest BCUT2D eigenvalue weighted by Gasteiger charge is -2.21. The Morgan fingerprint density at radius 3 is 3.00 bits per heavy atom. The molecule has 1 saturated heterocycles. The number of carbonyl (C=O) groups excluding carboxylic acids is 1. The Bertz CT molecular complexity index is 448. The number of carbonyl (C=O) groups is 1. The lowest BCUT2D eigenvalue weighted by molar-refractivity contribution is 0.0954. The second kappa shape index (κ2) is 6.96. The molecule has 1 fully saturated rings. The van der Waals surface area contributed by atoms with E-state index in [4.69, 9.17) is 10.5 Å². The van der Waals surface area contributed by atoms with Gasteiger partial charge in [0.15, 0.2) is 0 Å². The van der Waals surface area contributed by atoms with Gasteiger partial charge >= 0.3 is 0 Å². The first-order valence-electron chi connectivity index (χ1n) is 6.11. The zero-order chi connectivity index (χ0) is 13.7. The zero-order valence-electron chi connectivity index (χ0n) is 10.8. The van der Waals surface area contributed by atoms with Gasteiger partial charge in [0.1, 0.15) is 5.75 Å². The maximum absolute atomic E-state index is 12.1. The van der Waals surface area contributed by atoms with E-state index in [1.807, 2.05) is 23.5 Å². The maximum atomic E-state index is 12.1. The van der Waals surface area contributed by atoms with E-state index in [2.05, 4.69) is 5.32 Å². The lowest BCUT2D eigenvalue weighted by Crippen LogP contribution is -2.33. The van der Waals surface area contributed by atoms with Gasteiger partial charge in [0, 0.05) is 46.4 Å². The van der Waals surface area contributed by atoms with E-state index in [-0.39, 0.29) is 5.91 Å². The molecular formula is C13H18N2O2S2. The summed E-state index contributed by atoms with van der Waals surface area (Å²) in [6.07, 6.45) is 0. The number of hydrogen-bond acceptors (Lipinski definition) is 5. The molecule has 0 saturated carbocycles. The topological polar surface area (TPSA) is 64.3 Å². The summed E-state index contributed by atoms with van der Waals surface area (Å²) < 4.78 is 5.11. The van der Waals surface area contributed by atoms with Crippen LogP contribution < -0.4 is 15.8 Å². The Balaban J connectivity index is 1.93. The van der Waals surface area contributed by atoms with Crippen molar-refractivity contribution in [3.63, 3.8) is 0 Å². The highest BCUT2D eigenvalue weighted by atomic mass is 32.2. The van der Waals surface area contributed by atoms with Gasteiger partial charge in [-0.2, -0.15) is 23.5 Å². The Hall–Kier alpha value is -1.01. The first-order valence-corrected chi connectivity index (χ1v) is 8.31. The first kappa shape index (κ1) is 14.4. The standard InChI is InChI=1S/C13H18N2O2S2/c1-17-11-5-9(4-10(14)6-11)13(16)15-7-12-8-18-2-3-19-12/h4-6,12H,2-3,7-8,14H2,1H3,(H,15,16). The highest BCUT2D eigenvalue weighted by Gasteiger charge is 2.16. The molecule has 6 heteroatoms. The second-order valence-electron chi connectivity index (χ2n) is 4.27. The summed E-state index contributed by atoms with van der Waals surface area (Å²) in [5.74, 6) is 3.99. The molecule has 0 aromatic heterocycles. The molecule has 1 aliphatic heterocycles. The molecule has 1 aromatic carbocycles. The van der Waals surface area contributed by atoms with Crippen LogP contribution in [0.3, 0.4) is 0 Å². The SMILES string of the molecule is COc1cc(N)cc(C(=O)NCC2CSCCS2)c1. The summed E-state index contributed by atoms with van der Waals surface area (Å²) in [4.78, 5) is 12.1. The predicted molar refractivity (Wildman–Crippen MR) is 83.3 cm³/mol. The molecule has 4 nitrogen and oxygen atoms in total. The molecule has 2 rings (SSSR count). The molecule has 1 unspecified atom stereocenters.